The fourth-order valence-corrected chi connectivity index (χ4v) is 5.67. The van der Waals surface area contributed by atoms with Crippen LogP contribution in [-0.2, 0) is 0 Å². The minimum atomic E-state index is -0.859. The molecule has 0 aliphatic heterocycles. The first kappa shape index (κ1) is 20.8. The van der Waals surface area contributed by atoms with Crippen molar-refractivity contribution in [2.45, 2.75) is 44.3 Å². The Balaban J connectivity index is 1.35. The van der Waals surface area contributed by atoms with Crippen molar-refractivity contribution in [2.75, 3.05) is 11.9 Å². The summed E-state index contributed by atoms with van der Waals surface area (Å²) >= 11 is 1.25. The van der Waals surface area contributed by atoms with Crippen LogP contribution < -0.4 is 4.90 Å². The molecule has 1 aromatic carbocycles. The predicted molar refractivity (Wildman–Crippen MR) is 120 cm³/mol. The van der Waals surface area contributed by atoms with E-state index in [0.717, 1.165) is 25.7 Å². The molecule has 0 amide bonds. The molecule has 7 nitrogen and oxygen atoms in total. The van der Waals surface area contributed by atoms with Crippen molar-refractivity contribution in [2.24, 2.45) is 11.8 Å². The molecule has 0 spiro atoms. The van der Waals surface area contributed by atoms with Crippen LogP contribution in [-0.4, -0.2) is 44.5 Å². The van der Waals surface area contributed by atoms with Crippen molar-refractivity contribution in [1.82, 2.24) is 20.2 Å². The first-order valence-corrected chi connectivity index (χ1v) is 11.7. The fourth-order valence-electron chi connectivity index (χ4n) is 5.06. The number of phenolic OH excluding ortho intramolecular Hbond substituents is 1. The summed E-state index contributed by atoms with van der Waals surface area (Å²) in [5, 5.41) is 30.1. The molecule has 32 heavy (non-hydrogen) atoms. The van der Waals surface area contributed by atoms with E-state index in [4.69, 9.17) is 5.26 Å². The standard InChI is InChI=1S/C23H23FN6OS/c1-30(18-8-13-3-2-4-15(7-13)22(18)24)20-11-26-23(29-28-20)16-6-5-14(9-19(16)31)17-12-32-21(10-25)27-17/h5-6,9,11-13,15,18,22,31H,2-4,7-8H2,1H3/t13-,15+,18+,22-/m1/s1. The maximum atomic E-state index is 15.1. The molecule has 0 saturated heterocycles. The number of thiazole rings is 1. The predicted octanol–water partition coefficient (Wildman–Crippen LogP) is 4.59. The van der Waals surface area contributed by atoms with Gasteiger partial charge in [-0.05, 0) is 43.2 Å². The molecule has 2 aromatic heterocycles. The molecular formula is C23H23FN6OS. The van der Waals surface area contributed by atoms with E-state index >= 15 is 4.39 Å². The van der Waals surface area contributed by atoms with E-state index in [1.807, 2.05) is 18.0 Å². The lowest BCUT2D eigenvalue weighted by Gasteiger charge is -2.45. The van der Waals surface area contributed by atoms with Crippen LogP contribution in [0, 0.1) is 23.2 Å². The topological polar surface area (TPSA) is 98.8 Å². The summed E-state index contributed by atoms with van der Waals surface area (Å²) in [7, 11) is 1.86. The van der Waals surface area contributed by atoms with Gasteiger partial charge in [0.05, 0.1) is 23.5 Å². The van der Waals surface area contributed by atoms with Gasteiger partial charge in [-0.25, -0.2) is 14.4 Å². The molecule has 1 N–H and O–H groups in total. The molecule has 2 aliphatic carbocycles. The average Bonchev–Trinajstić information content (AvgIpc) is 3.31. The van der Waals surface area contributed by atoms with Crippen molar-refractivity contribution in [3.8, 4) is 34.5 Å². The zero-order chi connectivity index (χ0) is 22.2. The van der Waals surface area contributed by atoms with Gasteiger partial charge in [0.25, 0.3) is 0 Å². The van der Waals surface area contributed by atoms with Gasteiger partial charge < -0.3 is 10.0 Å². The fraction of sp³-hybridized carbons (Fsp3) is 0.435. The third kappa shape index (κ3) is 3.79. The number of nitrogens with zero attached hydrogens (tertiary/aromatic N) is 6. The molecule has 2 fully saturated rings. The van der Waals surface area contributed by atoms with Gasteiger partial charge in [0.15, 0.2) is 16.6 Å². The van der Waals surface area contributed by atoms with Crippen molar-refractivity contribution in [1.29, 1.82) is 5.26 Å². The number of nitriles is 1. The molecule has 5 rings (SSSR count). The molecule has 2 saturated carbocycles. The number of halogens is 1. The summed E-state index contributed by atoms with van der Waals surface area (Å²) in [5.41, 5.74) is 1.77. The van der Waals surface area contributed by atoms with Gasteiger partial charge in [-0.15, -0.1) is 21.5 Å². The van der Waals surface area contributed by atoms with E-state index in [1.54, 1.807) is 29.8 Å². The maximum Gasteiger partial charge on any atom is 0.194 e. The summed E-state index contributed by atoms with van der Waals surface area (Å²) in [5.74, 6) is 1.56. The molecule has 0 radical (unpaired) electrons. The smallest absolute Gasteiger partial charge is 0.194 e. The summed E-state index contributed by atoms with van der Waals surface area (Å²) in [6, 6.07) is 6.88. The maximum absolute atomic E-state index is 15.1. The second-order valence-electron chi connectivity index (χ2n) is 8.67. The normalized spacial score (nSPS) is 24.7. The number of alkyl halides is 1. The molecular weight excluding hydrogens is 427 g/mol. The molecule has 4 atom stereocenters. The van der Waals surface area contributed by atoms with Crippen LogP contribution in [0.25, 0.3) is 22.6 Å². The Morgan fingerprint density at radius 1 is 1.25 bits per heavy atom. The van der Waals surface area contributed by atoms with Crippen LogP contribution in [0.15, 0.2) is 29.8 Å². The van der Waals surface area contributed by atoms with Gasteiger partial charge in [-0.2, -0.15) is 5.26 Å². The number of fused-ring (bicyclic) bond motifs is 2. The Labute approximate surface area is 189 Å². The number of anilines is 1. The second kappa shape index (κ2) is 8.43. The van der Waals surface area contributed by atoms with Crippen molar-refractivity contribution in [3.05, 3.63) is 34.8 Å². The van der Waals surface area contributed by atoms with E-state index in [1.165, 1.54) is 17.8 Å². The summed E-state index contributed by atoms with van der Waals surface area (Å²) in [4.78, 5) is 10.5. The van der Waals surface area contributed by atoms with Crippen LogP contribution in [0.5, 0.6) is 5.75 Å². The summed E-state index contributed by atoms with van der Waals surface area (Å²) < 4.78 is 15.1. The van der Waals surface area contributed by atoms with Gasteiger partial charge in [0.1, 0.15) is 18.0 Å². The minimum absolute atomic E-state index is 0.000778. The number of rotatable bonds is 4. The van der Waals surface area contributed by atoms with Crippen LogP contribution >= 0.6 is 11.3 Å². The lowest BCUT2D eigenvalue weighted by Crippen LogP contribution is -2.49. The Bertz CT molecular complexity index is 1160. The number of hydrogen-bond donors (Lipinski definition) is 1. The van der Waals surface area contributed by atoms with E-state index < -0.39 is 6.17 Å². The van der Waals surface area contributed by atoms with Crippen LogP contribution in [0.1, 0.15) is 37.1 Å². The van der Waals surface area contributed by atoms with Crippen LogP contribution in [0.2, 0.25) is 0 Å². The second-order valence-corrected chi connectivity index (χ2v) is 9.53. The number of aromatic hydroxyl groups is 1. The van der Waals surface area contributed by atoms with Crippen molar-refractivity contribution < 1.29 is 9.50 Å². The van der Waals surface area contributed by atoms with E-state index in [-0.39, 0.29) is 17.7 Å². The molecule has 2 aliphatic rings. The van der Waals surface area contributed by atoms with E-state index in [0.29, 0.717) is 39.4 Å². The number of hydrogen-bond acceptors (Lipinski definition) is 8. The number of aromatic nitrogens is 4. The van der Waals surface area contributed by atoms with Gasteiger partial charge in [-0.1, -0.05) is 18.9 Å². The highest BCUT2D eigenvalue weighted by atomic mass is 32.1. The Morgan fingerprint density at radius 3 is 2.84 bits per heavy atom. The Hall–Kier alpha value is -3.12. The van der Waals surface area contributed by atoms with Crippen molar-refractivity contribution >= 4 is 17.2 Å². The largest absolute Gasteiger partial charge is 0.507 e. The molecule has 2 bridgehead atoms. The zero-order valence-electron chi connectivity index (χ0n) is 17.6. The highest BCUT2D eigenvalue weighted by Gasteiger charge is 2.42. The van der Waals surface area contributed by atoms with Crippen LogP contribution in [0.4, 0.5) is 10.2 Å². The molecule has 164 valence electrons. The third-order valence-corrected chi connectivity index (χ3v) is 7.51. The first-order valence-electron chi connectivity index (χ1n) is 10.8. The molecule has 0 unspecified atom stereocenters. The zero-order valence-corrected chi connectivity index (χ0v) is 18.5. The monoisotopic (exact) mass is 450 g/mol. The summed E-state index contributed by atoms with van der Waals surface area (Å²) in [6.45, 7) is 0. The van der Waals surface area contributed by atoms with E-state index in [2.05, 4.69) is 20.2 Å². The number of phenols is 1. The lowest BCUT2D eigenvalue weighted by atomic mass is 9.69. The molecule has 3 aromatic rings. The molecule has 9 heteroatoms. The van der Waals surface area contributed by atoms with Gasteiger partial charge in [0.2, 0.25) is 0 Å². The summed E-state index contributed by atoms with van der Waals surface area (Å²) in [6.07, 6.45) is 5.86. The Kier molecular flexibility index (Phi) is 5.47. The highest BCUT2D eigenvalue weighted by molar-refractivity contribution is 7.10. The SMILES string of the molecule is CN(c1cnc(-c2ccc(-c3csc(C#N)n3)cc2O)nn1)[C@H]1C[C@@H]2CCC[C@@H](C2)[C@H]1F. The van der Waals surface area contributed by atoms with E-state index in [9.17, 15) is 5.11 Å². The van der Waals surface area contributed by atoms with Gasteiger partial charge >= 0.3 is 0 Å². The van der Waals surface area contributed by atoms with Gasteiger partial charge in [-0.3, -0.25) is 0 Å². The molecule has 2 heterocycles. The third-order valence-electron chi connectivity index (χ3n) is 6.76. The number of benzene rings is 1. The van der Waals surface area contributed by atoms with Crippen molar-refractivity contribution in [3.63, 3.8) is 0 Å². The quantitative estimate of drug-likeness (QED) is 0.620. The average molecular weight is 451 g/mol. The Morgan fingerprint density at radius 2 is 2.12 bits per heavy atom. The van der Waals surface area contributed by atoms with Gasteiger partial charge in [0, 0.05) is 18.0 Å². The first-order chi connectivity index (χ1) is 15.5. The highest BCUT2D eigenvalue weighted by Crippen LogP contribution is 2.43. The minimum Gasteiger partial charge on any atom is -0.507 e. The lowest BCUT2D eigenvalue weighted by molar-refractivity contribution is 0.0656. The van der Waals surface area contributed by atoms with Crippen LogP contribution in [0.3, 0.4) is 0 Å².